The van der Waals surface area contributed by atoms with Gasteiger partial charge in [-0.1, -0.05) is 61.0 Å². The Morgan fingerprint density at radius 2 is 1.67 bits per heavy atom. The zero-order chi connectivity index (χ0) is 31.0. The van der Waals surface area contributed by atoms with Crippen molar-refractivity contribution in [2.75, 3.05) is 17.3 Å². The van der Waals surface area contributed by atoms with Gasteiger partial charge in [-0.05, 0) is 100 Å². The minimum atomic E-state index is -0.920. The van der Waals surface area contributed by atoms with Gasteiger partial charge in [-0.15, -0.1) is 0 Å². The molecule has 0 heterocycles. The van der Waals surface area contributed by atoms with Crippen LogP contribution in [0.5, 0.6) is 0 Å². The van der Waals surface area contributed by atoms with Crippen molar-refractivity contribution in [3.63, 3.8) is 0 Å². The van der Waals surface area contributed by atoms with E-state index in [9.17, 15) is 14.4 Å². The van der Waals surface area contributed by atoms with E-state index >= 15 is 0 Å². The number of aryl methyl sites for hydroxylation is 2. The number of nitrogens with zero attached hydrogens (tertiary/aromatic N) is 1. The van der Waals surface area contributed by atoms with Gasteiger partial charge in [0.15, 0.2) is 0 Å². The van der Waals surface area contributed by atoms with Crippen LogP contribution in [0, 0.1) is 13.8 Å². The van der Waals surface area contributed by atoms with E-state index < -0.39 is 23.8 Å². The molecule has 3 amide bonds. The first-order valence-corrected chi connectivity index (χ1v) is 15.9. The molecule has 0 aromatic heterocycles. The Kier molecular flexibility index (Phi) is 11.5. The lowest BCUT2D eigenvalue weighted by atomic mass is 9.94. The van der Waals surface area contributed by atoms with Crippen molar-refractivity contribution < 1.29 is 19.1 Å². The topological polar surface area (TPSA) is 87.7 Å². The first-order chi connectivity index (χ1) is 19.8. The molecule has 3 aromatic carbocycles. The van der Waals surface area contributed by atoms with Crippen LogP contribution in [0.25, 0.3) is 10.8 Å². The van der Waals surface area contributed by atoms with Gasteiger partial charge in [-0.2, -0.15) is 11.8 Å². The maximum Gasteiger partial charge on any atom is 0.408 e. The highest BCUT2D eigenvalue weighted by molar-refractivity contribution is 7.98. The number of hydrogen-bond acceptors (Lipinski definition) is 5. The number of hydrogen-bond donors (Lipinski definition) is 2. The number of amides is 3. The van der Waals surface area contributed by atoms with Crippen LogP contribution in [0.3, 0.4) is 0 Å². The van der Waals surface area contributed by atoms with Crippen molar-refractivity contribution in [1.29, 1.82) is 0 Å². The zero-order valence-corrected chi connectivity index (χ0v) is 26.9. The van der Waals surface area contributed by atoms with Gasteiger partial charge < -0.3 is 20.3 Å². The Bertz CT molecular complexity index is 1400. The summed E-state index contributed by atoms with van der Waals surface area (Å²) in [5.41, 5.74) is 2.66. The number of rotatable bonds is 11. The third kappa shape index (κ3) is 8.74. The number of ether oxygens (including phenoxy) is 1. The monoisotopic (exact) mass is 591 g/mol. The number of carbonyl (C=O) groups is 3. The molecule has 0 bridgehead atoms. The molecule has 3 aromatic rings. The van der Waals surface area contributed by atoms with Gasteiger partial charge in [0.25, 0.3) is 5.91 Å². The first kappa shape index (κ1) is 33.0. The third-order valence-corrected chi connectivity index (χ3v) is 7.83. The molecular formula is C34H45N3O4S. The highest BCUT2D eigenvalue weighted by Gasteiger charge is 2.39. The molecule has 0 fully saturated rings. The van der Waals surface area contributed by atoms with Gasteiger partial charge in [-0.3, -0.25) is 9.59 Å². The van der Waals surface area contributed by atoms with E-state index in [-0.39, 0.29) is 17.9 Å². The van der Waals surface area contributed by atoms with Crippen molar-refractivity contribution >= 4 is 46.1 Å². The Morgan fingerprint density at radius 1 is 0.976 bits per heavy atom. The van der Waals surface area contributed by atoms with Crippen LogP contribution in [0.15, 0.2) is 60.7 Å². The standard InChI is InChI=1S/C34H45N3O4S/c1-9-24(4)37(32(39)29(18-19-42-8)36-33(40)41-34(5,6)7)30(28-17-14-22(2)20-23(28)3)31(38)35-27-16-15-25-12-10-11-13-26(25)21-27/h10-17,20-21,24,29-30H,9,18-19H2,1-8H3,(H,35,38)(H,36,40). The second kappa shape index (κ2) is 14.6. The third-order valence-electron chi connectivity index (χ3n) is 7.18. The number of thioether (sulfide) groups is 1. The molecule has 0 radical (unpaired) electrons. The number of anilines is 1. The summed E-state index contributed by atoms with van der Waals surface area (Å²) < 4.78 is 5.50. The fraction of sp³-hybridized carbons (Fsp3) is 0.441. The molecule has 7 nitrogen and oxygen atoms in total. The number of carbonyl (C=O) groups excluding carboxylic acids is 3. The van der Waals surface area contributed by atoms with Crippen LogP contribution in [0.1, 0.15) is 70.2 Å². The van der Waals surface area contributed by atoms with Crippen LogP contribution in [-0.2, 0) is 14.3 Å². The number of alkyl carbamates (subject to hydrolysis) is 1. The van der Waals surface area contributed by atoms with Crippen molar-refractivity contribution in [2.24, 2.45) is 0 Å². The summed E-state index contributed by atoms with van der Waals surface area (Å²) in [5, 5.41) is 7.98. The smallest absolute Gasteiger partial charge is 0.408 e. The Hall–Kier alpha value is -3.52. The maximum atomic E-state index is 14.4. The second-order valence-electron chi connectivity index (χ2n) is 11.8. The maximum absolute atomic E-state index is 14.4. The molecule has 0 saturated carbocycles. The van der Waals surface area contributed by atoms with Crippen molar-refractivity contribution in [2.45, 2.75) is 85.0 Å². The minimum absolute atomic E-state index is 0.289. The normalized spacial score (nSPS) is 13.6. The summed E-state index contributed by atoms with van der Waals surface area (Å²) in [7, 11) is 0. The van der Waals surface area contributed by atoms with E-state index in [4.69, 9.17) is 4.74 Å². The second-order valence-corrected chi connectivity index (χ2v) is 12.8. The largest absolute Gasteiger partial charge is 0.444 e. The van der Waals surface area contributed by atoms with Crippen LogP contribution in [0.2, 0.25) is 0 Å². The predicted octanol–water partition coefficient (Wildman–Crippen LogP) is 7.41. The van der Waals surface area contributed by atoms with E-state index in [0.717, 1.165) is 27.5 Å². The summed E-state index contributed by atoms with van der Waals surface area (Å²) in [6.45, 7) is 13.2. The van der Waals surface area contributed by atoms with Crippen LogP contribution in [0.4, 0.5) is 10.5 Å². The van der Waals surface area contributed by atoms with Gasteiger partial charge in [0.1, 0.15) is 17.7 Å². The number of nitrogens with one attached hydrogen (secondary N) is 2. The predicted molar refractivity (Wildman–Crippen MR) is 174 cm³/mol. The number of fused-ring (bicyclic) bond motifs is 1. The molecule has 3 atom stereocenters. The first-order valence-electron chi connectivity index (χ1n) is 14.5. The average molecular weight is 592 g/mol. The molecule has 42 heavy (non-hydrogen) atoms. The van der Waals surface area contributed by atoms with Crippen LogP contribution < -0.4 is 10.6 Å². The summed E-state index contributed by atoms with van der Waals surface area (Å²) >= 11 is 1.59. The molecule has 8 heteroatoms. The summed E-state index contributed by atoms with van der Waals surface area (Å²) in [4.78, 5) is 43.2. The van der Waals surface area contributed by atoms with Crippen LogP contribution in [-0.4, -0.2) is 52.5 Å². The average Bonchev–Trinajstić information content (AvgIpc) is 2.92. The SMILES string of the molecule is CCC(C)N(C(=O)C(CCSC)NC(=O)OC(C)(C)C)C(C(=O)Nc1ccc2ccccc2c1)c1ccc(C)cc1C. The lowest BCUT2D eigenvalue weighted by molar-refractivity contribution is -0.143. The fourth-order valence-electron chi connectivity index (χ4n) is 4.95. The summed E-state index contributed by atoms with van der Waals surface area (Å²) in [6, 6.07) is 17.6. The van der Waals surface area contributed by atoms with E-state index in [1.165, 1.54) is 0 Å². The molecule has 0 spiro atoms. The van der Waals surface area contributed by atoms with Gasteiger partial charge in [0.2, 0.25) is 5.91 Å². The summed E-state index contributed by atoms with van der Waals surface area (Å²) in [6.07, 6.45) is 2.32. The van der Waals surface area contributed by atoms with E-state index in [1.807, 2.05) is 94.6 Å². The van der Waals surface area contributed by atoms with Gasteiger partial charge in [0.05, 0.1) is 0 Å². The fourth-order valence-corrected chi connectivity index (χ4v) is 5.42. The molecule has 3 rings (SSSR count). The molecular weight excluding hydrogens is 546 g/mol. The molecule has 226 valence electrons. The lowest BCUT2D eigenvalue weighted by Crippen LogP contribution is -2.55. The zero-order valence-electron chi connectivity index (χ0n) is 26.1. The Morgan fingerprint density at radius 3 is 2.29 bits per heavy atom. The van der Waals surface area contributed by atoms with Gasteiger partial charge in [0, 0.05) is 11.7 Å². The van der Waals surface area contributed by atoms with Crippen molar-refractivity contribution in [3.8, 4) is 0 Å². The Balaban J connectivity index is 2.07. The quantitative estimate of drug-likeness (QED) is 0.242. The van der Waals surface area contributed by atoms with Gasteiger partial charge >= 0.3 is 6.09 Å². The van der Waals surface area contributed by atoms with Crippen molar-refractivity contribution in [1.82, 2.24) is 10.2 Å². The number of benzene rings is 3. The molecule has 0 saturated heterocycles. The molecule has 2 N–H and O–H groups in total. The highest BCUT2D eigenvalue weighted by Crippen LogP contribution is 2.31. The van der Waals surface area contributed by atoms with E-state index in [1.54, 1.807) is 37.4 Å². The molecule has 0 aliphatic heterocycles. The van der Waals surface area contributed by atoms with Crippen LogP contribution >= 0.6 is 11.8 Å². The van der Waals surface area contributed by atoms with Gasteiger partial charge in [-0.25, -0.2) is 4.79 Å². The molecule has 3 unspecified atom stereocenters. The van der Waals surface area contributed by atoms with Crippen molar-refractivity contribution in [3.05, 3.63) is 77.4 Å². The van der Waals surface area contributed by atoms with E-state index in [0.29, 0.717) is 24.3 Å². The molecule has 0 aliphatic rings. The summed E-state index contributed by atoms with van der Waals surface area (Å²) in [5.74, 6) is 0.0209. The van der Waals surface area contributed by atoms with E-state index in [2.05, 4.69) is 10.6 Å². The lowest BCUT2D eigenvalue weighted by Gasteiger charge is -2.38. The molecule has 0 aliphatic carbocycles. The highest BCUT2D eigenvalue weighted by atomic mass is 32.2. The minimum Gasteiger partial charge on any atom is -0.444 e. The Labute approximate surface area is 254 Å².